The van der Waals surface area contributed by atoms with E-state index in [2.05, 4.69) is 38.4 Å². The number of hydrazone groups is 1. The molecule has 2 aromatic carbocycles. The third kappa shape index (κ3) is 7.81. The van der Waals surface area contributed by atoms with E-state index in [1.54, 1.807) is 41.3 Å². The van der Waals surface area contributed by atoms with Gasteiger partial charge in [-0.1, -0.05) is 0 Å². The summed E-state index contributed by atoms with van der Waals surface area (Å²) < 4.78 is 22.5. The van der Waals surface area contributed by atoms with Gasteiger partial charge in [0.1, 0.15) is 5.75 Å². The topological polar surface area (TPSA) is 128 Å². The molecule has 1 aliphatic rings. The molecule has 36 heavy (non-hydrogen) atoms. The van der Waals surface area contributed by atoms with Gasteiger partial charge in [0.2, 0.25) is 0 Å². The molecule has 3 amide bonds. The van der Waals surface area contributed by atoms with Gasteiger partial charge in [0.05, 0.1) is 36.7 Å². The summed E-state index contributed by atoms with van der Waals surface area (Å²) in [6.07, 6.45) is 1.38. The van der Waals surface area contributed by atoms with E-state index in [1.807, 2.05) is 6.92 Å². The highest BCUT2D eigenvalue weighted by atomic mass is 127. The van der Waals surface area contributed by atoms with E-state index < -0.39 is 11.8 Å². The molecular weight excluding hydrogens is 583 g/mol. The van der Waals surface area contributed by atoms with E-state index >= 15 is 0 Å². The number of hydrogen-bond donors (Lipinski definition) is 2. The van der Waals surface area contributed by atoms with Crippen molar-refractivity contribution in [3.8, 4) is 17.2 Å². The molecule has 0 bridgehead atoms. The molecule has 0 unspecified atom stereocenters. The molecule has 11 nitrogen and oxygen atoms in total. The van der Waals surface area contributed by atoms with Crippen molar-refractivity contribution in [1.82, 2.24) is 10.3 Å². The van der Waals surface area contributed by atoms with Gasteiger partial charge in [-0.25, -0.2) is 5.43 Å². The molecule has 1 saturated heterocycles. The molecule has 0 atom stereocenters. The summed E-state index contributed by atoms with van der Waals surface area (Å²) in [5.74, 6) is -0.414. The molecule has 192 valence electrons. The second kappa shape index (κ2) is 13.6. The lowest BCUT2D eigenvalue weighted by molar-refractivity contribution is -0.137. The Morgan fingerprint density at radius 2 is 1.83 bits per heavy atom. The van der Waals surface area contributed by atoms with Gasteiger partial charge >= 0.3 is 11.8 Å². The van der Waals surface area contributed by atoms with Crippen LogP contribution in [0.5, 0.6) is 17.2 Å². The first-order valence-electron chi connectivity index (χ1n) is 11.1. The first kappa shape index (κ1) is 27.2. The number of carbonyl (C=O) groups excluding carboxylic acids is 3. The van der Waals surface area contributed by atoms with Crippen molar-refractivity contribution >= 4 is 52.2 Å². The van der Waals surface area contributed by atoms with Gasteiger partial charge < -0.3 is 29.2 Å². The predicted molar refractivity (Wildman–Crippen MR) is 141 cm³/mol. The Kier molecular flexibility index (Phi) is 10.3. The number of morpholine rings is 1. The smallest absolute Gasteiger partial charge is 0.329 e. The largest absolute Gasteiger partial charge is 0.497 e. The lowest BCUT2D eigenvalue weighted by Crippen LogP contribution is -2.43. The van der Waals surface area contributed by atoms with Crippen molar-refractivity contribution in [3.05, 3.63) is 45.5 Å². The maximum atomic E-state index is 12.4. The van der Waals surface area contributed by atoms with E-state index in [0.29, 0.717) is 65.0 Å². The van der Waals surface area contributed by atoms with Crippen molar-refractivity contribution in [1.29, 1.82) is 0 Å². The summed E-state index contributed by atoms with van der Waals surface area (Å²) in [5.41, 5.74) is 3.24. The summed E-state index contributed by atoms with van der Waals surface area (Å²) in [6, 6.07) is 9.98. The van der Waals surface area contributed by atoms with Crippen LogP contribution in [-0.2, 0) is 19.1 Å². The Bertz CT molecular complexity index is 1100. The first-order valence-corrected chi connectivity index (χ1v) is 12.2. The average molecular weight is 610 g/mol. The molecule has 0 saturated carbocycles. The van der Waals surface area contributed by atoms with E-state index in [-0.39, 0.29) is 12.5 Å². The number of benzene rings is 2. The van der Waals surface area contributed by atoms with E-state index in [0.717, 1.165) is 0 Å². The van der Waals surface area contributed by atoms with Gasteiger partial charge in [-0.2, -0.15) is 5.10 Å². The van der Waals surface area contributed by atoms with Gasteiger partial charge in [-0.05, 0) is 71.5 Å². The minimum absolute atomic E-state index is 0.122. The minimum atomic E-state index is -0.927. The number of halogens is 1. The van der Waals surface area contributed by atoms with Crippen molar-refractivity contribution < 1.29 is 33.3 Å². The Morgan fingerprint density at radius 1 is 1.11 bits per heavy atom. The highest BCUT2D eigenvalue weighted by Gasteiger charge is 2.19. The zero-order valence-electron chi connectivity index (χ0n) is 19.9. The zero-order chi connectivity index (χ0) is 25.9. The second-order valence-electron chi connectivity index (χ2n) is 7.43. The fraction of sp³-hybridized carbons (Fsp3) is 0.333. The van der Waals surface area contributed by atoms with Gasteiger partial charge in [-0.3, -0.25) is 14.4 Å². The summed E-state index contributed by atoms with van der Waals surface area (Å²) in [7, 11) is 1.53. The lowest BCUT2D eigenvalue weighted by Gasteiger charge is -2.27. The quantitative estimate of drug-likeness (QED) is 0.193. The molecule has 12 heteroatoms. The molecule has 0 radical (unpaired) electrons. The SMILES string of the molecule is CCOc1cc(/C=N\NC(=O)C(=O)Nc2ccc(OC)cc2)cc(I)c1OCC(=O)N1CCOCC1. The van der Waals surface area contributed by atoms with Crippen LogP contribution < -0.4 is 25.0 Å². The van der Waals surface area contributed by atoms with Crippen molar-refractivity contribution in [2.24, 2.45) is 5.10 Å². The fourth-order valence-corrected chi connectivity index (χ4v) is 3.96. The molecule has 3 rings (SSSR count). The highest BCUT2D eigenvalue weighted by Crippen LogP contribution is 2.34. The number of anilines is 1. The summed E-state index contributed by atoms with van der Waals surface area (Å²) in [6.45, 7) is 4.20. The fourth-order valence-electron chi connectivity index (χ4n) is 3.18. The van der Waals surface area contributed by atoms with E-state index in [1.165, 1.54) is 13.3 Å². The van der Waals surface area contributed by atoms with Crippen LogP contribution >= 0.6 is 22.6 Å². The Morgan fingerprint density at radius 3 is 2.50 bits per heavy atom. The third-order valence-electron chi connectivity index (χ3n) is 4.97. The summed E-state index contributed by atoms with van der Waals surface area (Å²) in [5, 5.41) is 6.34. The van der Waals surface area contributed by atoms with Crippen LogP contribution in [0.2, 0.25) is 0 Å². The van der Waals surface area contributed by atoms with Crippen LogP contribution in [0.25, 0.3) is 0 Å². The third-order valence-corrected chi connectivity index (χ3v) is 5.77. The molecule has 2 N–H and O–H groups in total. The average Bonchev–Trinajstić information content (AvgIpc) is 2.89. The van der Waals surface area contributed by atoms with Crippen molar-refractivity contribution in [2.75, 3.05) is 51.9 Å². The van der Waals surface area contributed by atoms with Gasteiger partial charge in [0.25, 0.3) is 5.91 Å². The molecule has 1 aliphatic heterocycles. The van der Waals surface area contributed by atoms with Crippen LogP contribution in [0.1, 0.15) is 12.5 Å². The minimum Gasteiger partial charge on any atom is -0.497 e. The number of rotatable bonds is 9. The number of ether oxygens (including phenoxy) is 4. The maximum absolute atomic E-state index is 12.4. The molecule has 0 spiro atoms. The molecular formula is C24H27IN4O7. The monoisotopic (exact) mass is 610 g/mol. The zero-order valence-corrected chi connectivity index (χ0v) is 22.1. The summed E-state index contributed by atoms with van der Waals surface area (Å²) in [4.78, 5) is 38.3. The van der Waals surface area contributed by atoms with Crippen LogP contribution in [0.15, 0.2) is 41.5 Å². The lowest BCUT2D eigenvalue weighted by atomic mass is 10.2. The predicted octanol–water partition coefficient (Wildman–Crippen LogP) is 2.02. The van der Waals surface area contributed by atoms with E-state index in [4.69, 9.17) is 18.9 Å². The number of hydrogen-bond acceptors (Lipinski definition) is 8. The van der Waals surface area contributed by atoms with Crippen molar-refractivity contribution in [2.45, 2.75) is 6.92 Å². The van der Waals surface area contributed by atoms with Gasteiger partial charge in [0.15, 0.2) is 18.1 Å². The Balaban J connectivity index is 1.59. The normalized spacial score (nSPS) is 13.2. The molecule has 0 aliphatic carbocycles. The second-order valence-corrected chi connectivity index (χ2v) is 8.59. The molecule has 1 fully saturated rings. The summed E-state index contributed by atoms with van der Waals surface area (Å²) >= 11 is 2.07. The maximum Gasteiger partial charge on any atom is 0.329 e. The Labute approximate surface area is 222 Å². The van der Waals surface area contributed by atoms with Gasteiger partial charge in [0, 0.05) is 18.8 Å². The molecule has 0 aromatic heterocycles. The van der Waals surface area contributed by atoms with Gasteiger partial charge in [-0.15, -0.1) is 0 Å². The van der Waals surface area contributed by atoms with Crippen LogP contribution in [0, 0.1) is 3.57 Å². The van der Waals surface area contributed by atoms with Crippen LogP contribution in [0.4, 0.5) is 5.69 Å². The standard InChI is InChI=1S/C24H27IN4O7/c1-3-35-20-13-16(12-19(25)22(20)36-15-21(30)29-8-10-34-11-9-29)14-26-28-24(32)23(31)27-17-4-6-18(33-2)7-5-17/h4-7,12-14H,3,8-11,15H2,1-2H3,(H,27,31)(H,28,32)/b26-14-. The van der Waals surface area contributed by atoms with Crippen LogP contribution in [0.3, 0.4) is 0 Å². The van der Waals surface area contributed by atoms with E-state index in [9.17, 15) is 14.4 Å². The highest BCUT2D eigenvalue weighted by molar-refractivity contribution is 14.1. The number of methoxy groups -OCH3 is 1. The Hall–Kier alpha value is -3.39. The number of amides is 3. The van der Waals surface area contributed by atoms with Crippen molar-refractivity contribution in [3.63, 3.8) is 0 Å². The number of carbonyl (C=O) groups is 3. The van der Waals surface area contributed by atoms with Crippen LogP contribution in [-0.4, -0.2) is 75.5 Å². The number of nitrogens with zero attached hydrogens (tertiary/aromatic N) is 2. The number of nitrogens with one attached hydrogen (secondary N) is 2. The molecule has 1 heterocycles. The first-order chi connectivity index (χ1) is 17.4. The molecule has 2 aromatic rings.